The van der Waals surface area contributed by atoms with E-state index in [1.807, 2.05) is 30.5 Å². The molecule has 178 valence electrons. The SMILES string of the molecule is CNC(=O)c1ccc([C@H](C)CNc2cc(-c3ccc(N[C@H]4CCOC4)nc3)ncn2)c(OC)c1. The maximum absolute atomic E-state index is 11.9. The summed E-state index contributed by atoms with van der Waals surface area (Å²) in [4.78, 5) is 25.2. The predicted octanol–water partition coefficient (Wildman–Crippen LogP) is 3.32. The maximum atomic E-state index is 11.9. The molecule has 1 aliphatic rings. The fourth-order valence-corrected chi connectivity index (χ4v) is 3.87. The number of pyridine rings is 1. The number of methoxy groups -OCH3 is 1. The van der Waals surface area contributed by atoms with E-state index in [-0.39, 0.29) is 11.8 Å². The molecular weight excluding hydrogens is 432 g/mol. The van der Waals surface area contributed by atoms with Crippen LogP contribution >= 0.6 is 0 Å². The van der Waals surface area contributed by atoms with Crippen LogP contribution in [-0.4, -0.2) is 60.8 Å². The minimum Gasteiger partial charge on any atom is -0.496 e. The normalized spacial score (nSPS) is 16.0. The summed E-state index contributed by atoms with van der Waals surface area (Å²) in [6.45, 7) is 4.24. The number of hydrogen-bond acceptors (Lipinski definition) is 8. The zero-order valence-corrected chi connectivity index (χ0v) is 19.7. The standard InChI is InChI=1S/C25H30N6O3/c1-16(20-6-4-17(25(32)26-2)10-22(20)33-3)12-27-24-11-21(29-15-30-24)18-5-7-23(28-13-18)31-19-8-9-34-14-19/h4-7,10-11,13,15-16,19H,8-9,12,14H2,1-3H3,(H,26,32)(H,28,31)(H,27,29,30)/t16-,19+/m1/s1. The molecular formula is C25H30N6O3. The van der Waals surface area contributed by atoms with Gasteiger partial charge in [0.2, 0.25) is 0 Å². The van der Waals surface area contributed by atoms with Crippen molar-refractivity contribution in [3.05, 3.63) is 60.0 Å². The number of nitrogens with zero attached hydrogens (tertiary/aromatic N) is 3. The molecule has 0 saturated carbocycles. The molecule has 3 heterocycles. The van der Waals surface area contributed by atoms with E-state index >= 15 is 0 Å². The van der Waals surface area contributed by atoms with Gasteiger partial charge in [0.1, 0.15) is 23.7 Å². The van der Waals surface area contributed by atoms with Gasteiger partial charge >= 0.3 is 0 Å². The lowest BCUT2D eigenvalue weighted by Gasteiger charge is -2.17. The first kappa shape index (κ1) is 23.4. The molecule has 1 aliphatic heterocycles. The lowest BCUT2D eigenvalue weighted by molar-refractivity contribution is 0.0962. The van der Waals surface area contributed by atoms with Gasteiger partial charge in [0, 0.05) is 49.5 Å². The monoisotopic (exact) mass is 462 g/mol. The van der Waals surface area contributed by atoms with Gasteiger partial charge in [0.05, 0.1) is 25.5 Å². The Morgan fingerprint density at radius 2 is 2.06 bits per heavy atom. The molecule has 9 heteroatoms. The van der Waals surface area contributed by atoms with Crippen LogP contribution in [0.15, 0.2) is 48.9 Å². The second-order valence-corrected chi connectivity index (χ2v) is 8.24. The Kier molecular flexibility index (Phi) is 7.54. The van der Waals surface area contributed by atoms with Crippen LogP contribution in [0.1, 0.15) is 35.2 Å². The van der Waals surface area contributed by atoms with E-state index < -0.39 is 0 Å². The minimum absolute atomic E-state index is 0.124. The van der Waals surface area contributed by atoms with E-state index in [9.17, 15) is 4.79 Å². The smallest absolute Gasteiger partial charge is 0.251 e. The summed E-state index contributed by atoms with van der Waals surface area (Å²) < 4.78 is 10.9. The van der Waals surface area contributed by atoms with Crippen molar-refractivity contribution in [2.45, 2.75) is 25.3 Å². The topological polar surface area (TPSA) is 110 Å². The van der Waals surface area contributed by atoms with Crippen molar-refractivity contribution in [3.63, 3.8) is 0 Å². The molecule has 1 fully saturated rings. The van der Waals surface area contributed by atoms with E-state index in [0.29, 0.717) is 30.5 Å². The van der Waals surface area contributed by atoms with Crippen molar-refractivity contribution < 1.29 is 14.3 Å². The van der Waals surface area contributed by atoms with Crippen LogP contribution in [0.4, 0.5) is 11.6 Å². The molecule has 2 aromatic heterocycles. The summed E-state index contributed by atoms with van der Waals surface area (Å²) in [6.07, 6.45) is 4.35. The first-order valence-corrected chi connectivity index (χ1v) is 11.3. The highest BCUT2D eigenvalue weighted by atomic mass is 16.5. The number of carbonyl (C=O) groups excluding carboxylic acids is 1. The molecule has 1 aromatic carbocycles. The highest BCUT2D eigenvalue weighted by Crippen LogP contribution is 2.28. The molecule has 1 saturated heterocycles. The first-order chi connectivity index (χ1) is 16.6. The summed E-state index contributed by atoms with van der Waals surface area (Å²) in [7, 11) is 3.22. The summed E-state index contributed by atoms with van der Waals surface area (Å²) in [5, 5.41) is 9.40. The zero-order valence-electron chi connectivity index (χ0n) is 19.7. The minimum atomic E-state index is -0.144. The summed E-state index contributed by atoms with van der Waals surface area (Å²) in [5.74, 6) is 2.22. The van der Waals surface area contributed by atoms with Crippen LogP contribution in [0.3, 0.4) is 0 Å². The number of nitrogens with one attached hydrogen (secondary N) is 3. The molecule has 4 rings (SSSR count). The number of benzene rings is 1. The Bertz CT molecular complexity index is 1120. The number of anilines is 2. The third kappa shape index (κ3) is 5.60. The van der Waals surface area contributed by atoms with Crippen molar-refractivity contribution in [3.8, 4) is 17.0 Å². The largest absolute Gasteiger partial charge is 0.496 e. The molecule has 3 aromatic rings. The van der Waals surface area contributed by atoms with E-state index in [1.54, 1.807) is 32.6 Å². The zero-order chi connectivity index (χ0) is 23.9. The van der Waals surface area contributed by atoms with Gasteiger partial charge in [0.15, 0.2) is 0 Å². The van der Waals surface area contributed by atoms with Crippen LogP contribution < -0.4 is 20.7 Å². The van der Waals surface area contributed by atoms with E-state index in [1.165, 1.54) is 0 Å². The average molecular weight is 463 g/mol. The van der Waals surface area contributed by atoms with Gasteiger partial charge in [0.25, 0.3) is 5.91 Å². The van der Waals surface area contributed by atoms with Crippen LogP contribution in [0.2, 0.25) is 0 Å². The molecule has 0 spiro atoms. The number of ether oxygens (including phenoxy) is 2. The fraction of sp³-hybridized carbons (Fsp3) is 0.360. The lowest BCUT2D eigenvalue weighted by Crippen LogP contribution is -2.19. The predicted molar refractivity (Wildman–Crippen MR) is 131 cm³/mol. The van der Waals surface area contributed by atoms with E-state index in [0.717, 1.165) is 41.5 Å². The second kappa shape index (κ2) is 10.9. The maximum Gasteiger partial charge on any atom is 0.251 e. The average Bonchev–Trinajstić information content (AvgIpc) is 3.40. The Labute approximate surface area is 199 Å². The molecule has 0 unspecified atom stereocenters. The highest BCUT2D eigenvalue weighted by Gasteiger charge is 2.16. The van der Waals surface area contributed by atoms with Crippen molar-refractivity contribution in [2.24, 2.45) is 0 Å². The van der Waals surface area contributed by atoms with Gasteiger partial charge in [-0.1, -0.05) is 13.0 Å². The second-order valence-electron chi connectivity index (χ2n) is 8.24. The number of amides is 1. The van der Waals surface area contributed by atoms with Gasteiger partial charge in [-0.2, -0.15) is 0 Å². The summed E-state index contributed by atoms with van der Waals surface area (Å²) >= 11 is 0. The fourth-order valence-electron chi connectivity index (χ4n) is 3.87. The number of hydrogen-bond donors (Lipinski definition) is 3. The van der Waals surface area contributed by atoms with Gasteiger partial charge in [-0.05, 0) is 36.2 Å². The van der Waals surface area contributed by atoms with Crippen molar-refractivity contribution >= 4 is 17.5 Å². The number of rotatable bonds is 9. The van der Waals surface area contributed by atoms with Gasteiger partial charge in [-0.3, -0.25) is 4.79 Å². The molecule has 0 bridgehead atoms. The molecule has 0 radical (unpaired) electrons. The Morgan fingerprint density at radius 1 is 1.18 bits per heavy atom. The summed E-state index contributed by atoms with van der Waals surface area (Å²) in [5.41, 5.74) is 3.28. The van der Waals surface area contributed by atoms with E-state index in [2.05, 4.69) is 37.8 Å². The van der Waals surface area contributed by atoms with Crippen LogP contribution in [0, 0.1) is 0 Å². The molecule has 2 atom stereocenters. The third-order valence-electron chi connectivity index (χ3n) is 5.85. The summed E-state index contributed by atoms with van der Waals surface area (Å²) in [6, 6.07) is 11.7. The van der Waals surface area contributed by atoms with Crippen molar-refractivity contribution in [1.82, 2.24) is 20.3 Å². The third-order valence-corrected chi connectivity index (χ3v) is 5.85. The van der Waals surface area contributed by atoms with Gasteiger partial charge in [-0.25, -0.2) is 15.0 Å². The lowest BCUT2D eigenvalue weighted by atomic mass is 9.98. The molecule has 0 aliphatic carbocycles. The van der Waals surface area contributed by atoms with Gasteiger partial charge in [-0.15, -0.1) is 0 Å². The van der Waals surface area contributed by atoms with Crippen molar-refractivity contribution in [1.29, 1.82) is 0 Å². The molecule has 9 nitrogen and oxygen atoms in total. The number of carbonyl (C=O) groups is 1. The quantitative estimate of drug-likeness (QED) is 0.444. The Hall–Kier alpha value is -3.72. The highest BCUT2D eigenvalue weighted by molar-refractivity contribution is 5.94. The first-order valence-electron chi connectivity index (χ1n) is 11.3. The Morgan fingerprint density at radius 3 is 2.76 bits per heavy atom. The van der Waals surface area contributed by atoms with Crippen LogP contribution in [-0.2, 0) is 4.74 Å². The van der Waals surface area contributed by atoms with Crippen LogP contribution in [0.25, 0.3) is 11.3 Å². The van der Waals surface area contributed by atoms with Crippen LogP contribution in [0.5, 0.6) is 5.75 Å². The molecule has 3 N–H and O–H groups in total. The number of aromatic nitrogens is 3. The van der Waals surface area contributed by atoms with Crippen molar-refractivity contribution in [2.75, 3.05) is 44.5 Å². The Balaban J connectivity index is 1.40. The molecule has 34 heavy (non-hydrogen) atoms. The molecule has 1 amide bonds. The van der Waals surface area contributed by atoms with Gasteiger partial charge < -0.3 is 25.4 Å². The van der Waals surface area contributed by atoms with E-state index in [4.69, 9.17) is 9.47 Å².